The van der Waals surface area contributed by atoms with Crippen LogP contribution in [0.25, 0.3) is 10.7 Å². The van der Waals surface area contributed by atoms with Gasteiger partial charge in [-0.3, -0.25) is 9.52 Å². The van der Waals surface area contributed by atoms with Gasteiger partial charge in [-0.05, 0) is 37.6 Å². The molecule has 3 heterocycles. The fourth-order valence-electron chi connectivity index (χ4n) is 3.06. The van der Waals surface area contributed by atoms with Gasteiger partial charge in [0.2, 0.25) is 5.82 Å². The lowest BCUT2D eigenvalue weighted by molar-refractivity contribution is 0.0272. The van der Waals surface area contributed by atoms with Crippen LogP contribution in [0.4, 0.5) is 5.69 Å². The topological polar surface area (TPSA) is 115 Å². The Labute approximate surface area is 188 Å². The lowest BCUT2D eigenvalue weighted by Gasteiger charge is -2.25. The van der Waals surface area contributed by atoms with Crippen molar-refractivity contribution >= 4 is 44.6 Å². The molecule has 164 valence electrons. The maximum Gasteiger partial charge on any atom is 0.316 e. The molecule has 1 saturated heterocycles. The van der Waals surface area contributed by atoms with Crippen molar-refractivity contribution in [3.8, 4) is 10.7 Å². The molecule has 0 saturated carbocycles. The number of hydrogen-bond acceptors (Lipinski definition) is 8. The number of thiophene rings is 1. The molecule has 12 heteroatoms. The van der Waals surface area contributed by atoms with E-state index in [0.717, 1.165) is 5.56 Å². The number of rotatable bonds is 5. The molecule has 1 aromatic carbocycles. The quantitative estimate of drug-likeness (QED) is 0.593. The second-order valence-corrected chi connectivity index (χ2v) is 10.3. The maximum atomic E-state index is 12.9. The lowest BCUT2D eigenvalue weighted by atomic mass is 10.2. The summed E-state index contributed by atoms with van der Waals surface area (Å²) in [6, 6.07) is 6.51. The second-order valence-electron chi connectivity index (χ2n) is 6.95. The van der Waals surface area contributed by atoms with Crippen LogP contribution in [0.3, 0.4) is 0 Å². The lowest BCUT2D eigenvalue weighted by Crippen LogP contribution is -2.40. The van der Waals surface area contributed by atoms with Crippen LogP contribution in [0.5, 0.6) is 0 Å². The molecule has 0 spiro atoms. The third kappa shape index (κ3) is 4.59. The van der Waals surface area contributed by atoms with Crippen molar-refractivity contribution in [3.05, 3.63) is 45.6 Å². The summed E-state index contributed by atoms with van der Waals surface area (Å²) in [5.74, 6) is -0.365. The van der Waals surface area contributed by atoms with E-state index in [1.807, 2.05) is 6.92 Å². The first-order chi connectivity index (χ1) is 14.7. The number of hydrogen-bond donors (Lipinski definition) is 1. The Bertz CT molecular complexity index is 1230. The summed E-state index contributed by atoms with van der Waals surface area (Å²) in [4.78, 5) is 19.3. The molecule has 0 unspecified atom stereocenters. The number of amides is 1. The zero-order valence-electron chi connectivity index (χ0n) is 16.7. The monoisotopic (exact) mass is 482 g/mol. The minimum atomic E-state index is -3.89. The van der Waals surface area contributed by atoms with Crippen molar-refractivity contribution < 1.29 is 22.5 Å². The number of aryl methyl sites for hydroxylation is 2. The minimum Gasteiger partial charge on any atom is -0.378 e. The van der Waals surface area contributed by atoms with Gasteiger partial charge in [-0.25, -0.2) is 8.42 Å². The Morgan fingerprint density at radius 1 is 1.23 bits per heavy atom. The number of carbonyl (C=O) groups excluding carboxylic acids is 1. The molecule has 0 atom stereocenters. The van der Waals surface area contributed by atoms with Crippen molar-refractivity contribution in [1.82, 2.24) is 15.0 Å². The van der Waals surface area contributed by atoms with Gasteiger partial charge in [0.05, 0.1) is 28.8 Å². The fourth-order valence-corrected chi connectivity index (χ4v) is 5.99. The zero-order valence-corrected chi connectivity index (χ0v) is 19.1. The van der Waals surface area contributed by atoms with E-state index in [-0.39, 0.29) is 28.2 Å². The molecule has 1 fully saturated rings. The van der Waals surface area contributed by atoms with Gasteiger partial charge in [-0.1, -0.05) is 22.8 Å². The number of benzene rings is 1. The summed E-state index contributed by atoms with van der Waals surface area (Å²) >= 11 is 7.35. The maximum absolute atomic E-state index is 12.9. The van der Waals surface area contributed by atoms with E-state index in [4.69, 9.17) is 20.9 Å². The molecule has 0 aliphatic carbocycles. The summed E-state index contributed by atoms with van der Waals surface area (Å²) in [6.45, 7) is 5.35. The molecular weight excluding hydrogens is 464 g/mol. The highest BCUT2D eigenvalue weighted by Crippen LogP contribution is 2.34. The molecule has 4 rings (SSSR count). The highest BCUT2D eigenvalue weighted by Gasteiger charge is 2.27. The summed E-state index contributed by atoms with van der Waals surface area (Å²) in [6.07, 6.45) is 0. The normalized spacial score (nSPS) is 14.6. The summed E-state index contributed by atoms with van der Waals surface area (Å²) in [5.41, 5.74) is 1.21. The van der Waals surface area contributed by atoms with E-state index in [9.17, 15) is 13.2 Å². The SMILES string of the molecule is Cc1ccc(NS(=O)(=O)c2cc(-c3noc(C(=O)N4CCOCC4)n3)sc2C)c(Cl)c1. The summed E-state index contributed by atoms with van der Waals surface area (Å²) in [5, 5.41) is 4.16. The molecule has 31 heavy (non-hydrogen) atoms. The molecule has 9 nitrogen and oxygen atoms in total. The number of halogens is 1. The number of sulfonamides is 1. The number of nitrogens with one attached hydrogen (secondary N) is 1. The molecule has 2 aromatic heterocycles. The summed E-state index contributed by atoms with van der Waals surface area (Å²) in [7, 11) is -3.89. The third-order valence-electron chi connectivity index (χ3n) is 4.66. The third-order valence-corrected chi connectivity index (χ3v) is 7.64. The van der Waals surface area contributed by atoms with Crippen molar-refractivity contribution in [3.63, 3.8) is 0 Å². The molecule has 3 aromatic rings. The Hall–Kier alpha value is -2.47. The number of anilines is 1. The van der Waals surface area contributed by atoms with Gasteiger partial charge in [-0.15, -0.1) is 11.3 Å². The molecule has 1 amide bonds. The van der Waals surface area contributed by atoms with E-state index in [0.29, 0.717) is 41.1 Å². The van der Waals surface area contributed by atoms with Gasteiger partial charge >= 0.3 is 11.8 Å². The molecule has 0 bridgehead atoms. The van der Waals surface area contributed by atoms with E-state index < -0.39 is 10.0 Å². The first kappa shape index (κ1) is 21.8. The van der Waals surface area contributed by atoms with Crippen LogP contribution in [0, 0.1) is 13.8 Å². The van der Waals surface area contributed by atoms with E-state index in [1.54, 1.807) is 30.0 Å². The number of morpholine rings is 1. The molecule has 0 radical (unpaired) electrons. The first-order valence-corrected chi connectivity index (χ1v) is 12.0. The van der Waals surface area contributed by atoms with E-state index in [1.165, 1.54) is 17.4 Å². The van der Waals surface area contributed by atoms with E-state index >= 15 is 0 Å². The fraction of sp³-hybridized carbons (Fsp3) is 0.316. The number of nitrogens with zero attached hydrogens (tertiary/aromatic N) is 3. The molecule has 1 aliphatic rings. The number of ether oxygens (including phenoxy) is 1. The Balaban J connectivity index is 1.57. The van der Waals surface area contributed by atoms with Gasteiger partial charge in [0.15, 0.2) is 0 Å². The molecule has 1 N–H and O–H groups in total. The zero-order chi connectivity index (χ0) is 22.2. The van der Waals surface area contributed by atoms with Gasteiger partial charge < -0.3 is 14.2 Å². The van der Waals surface area contributed by atoms with Crippen molar-refractivity contribution in [2.75, 3.05) is 31.0 Å². The Morgan fingerprint density at radius 3 is 2.68 bits per heavy atom. The van der Waals surface area contributed by atoms with Crippen molar-refractivity contribution in [2.45, 2.75) is 18.7 Å². The highest BCUT2D eigenvalue weighted by atomic mass is 35.5. The summed E-state index contributed by atoms with van der Waals surface area (Å²) < 4.78 is 38.7. The van der Waals surface area contributed by atoms with Crippen LogP contribution >= 0.6 is 22.9 Å². The number of aromatic nitrogens is 2. The Morgan fingerprint density at radius 2 is 1.97 bits per heavy atom. The number of carbonyl (C=O) groups is 1. The smallest absolute Gasteiger partial charge is 0.316 e. The van der Waals surface area contributed by atoms with Crippen LogP contribution in [-0.4, -0.2) is 55.7 Å². The predicted molar refractivity (Wildman–Crippen MR) is 116 cm³/mol. The van der Waals surface area contributed by atoms with Crippen LogP contribution in [0.1, 0.15) is 21.1 Å². The highest BCUT2D eigenvalue weighted by molar-refractivity contribution is 7.93. The van der Waals surface area contributed by atoms with Gasteiger partial charge in [0, 0.05) is 18.0 Å². The van der Waals surface area contributed by atoms with Gasteiger partial charge in [0.25, 0.3) is 10.0 Å². The Kier molecular flexibility index (Phi) is 6.02. The average molecular weight is 483 g/mol. The molecule has 1 aliphatic heterocycles. The van der Waals surface area contributed by atoms with Crippen LogP contribution in [0.15, 0.2) is 33.7 Å². The van der Waals surface area contributed by atoms with Crippen molar-refractivity contribution in [1.29, 1.82) is 0 Å². The van der Waals surface area contributed by atoms with Crippen molar-refractivity contribution in [2.24, 2.45) is 0 Å². The van der Waals surface area contributed by atoms with Crippen LogP contribution < -0.4 is 4.72 Å². The first-order valence-electron chi connectivity index (χ1n) is 9.35. The largest absolute Gasteiger partial charge is 0.378 e. The van der Waals surface area contributed by atoms with Gasteiger partial charge in [0.1, 0.15) is 4.90 Å². The predicted octanol–water partition coefficient (Wildman–Crippen LogP) is 3.34. The second kappa shape index (κ2) is 8.58. The van der Waals surface area contributed by atoms with Crippen LogP contribution in [0.2, 0.25) is 5.02 Å². The average Bonchev–Trinajstić information content (AvgIpc) is 3.37. The van der Waals surface area contributed by atoms with Crippen LogP contribution in [-0.2, 0) is 14.8 Å². The molecular formula is C19H19ClN4O5S2. The minimum absolute atomic E-state index is 0.0787. The van der Waals surface area contributed by atoms with Gasteiger partial charge in [-0.2, -0.15) is 4.98 Å². The standard InChI is InChI=1S/C19H19ClN4O5S2/c1-11-3-4-14(13(20)9-11)23-31(26,27)16-10-15(30-12(16)2)17-21-18(29-22-17)19(25)24-5-7-28-8-6-24/h3-4,9-10,23H,5-8H2,1-2H3. The van der Waals surface area contributed by atoms with E-state index in [2.05, 4.69) is 14.9 Å².